The third-order valence-electron chi connectivity index (χ3n) is 1.84. The van der Waals surface area contributed by atoms with Crippen LogP contribution in [0.5, 0.6) is 5.75 Å². The average Bonchev–Trinajstić information content (AvgIpc) is 2.59. The smallest absolute Gasteiger partial charge is 0.281 e. The van der Waals surface area contributed by atoms with E-state index in [2.05, 4.69) is 0 Å². The van der Waals surface area contributed by atoms with Crippen LogP contribution in [0.3, 0.4) is 0 Å². The summed E-state index contributed by atoms with van der Waals surface area (Å²) in [6, 6.07) is 2.28. The van der Waals surface area contributed by atoms with Crippen LogP contribution in [-0.4, -0.2) is 10.0 Å². The predicted molar refractivity (Wildman–Crippen MR) is 50.1 cm³/mol. The summed E-state index contributed by atoms with van der Waals surface area (Å²) in [5, 5.41) is 21.4. The fourth-order valence-electron chi connectivity index (χ4n) is 1.22. The van der Waals surface area contributed by atoms with Gasteiger partial charge in [-0.1, -0.05) is 0 Å². The monoisotopic (exact) mass is 213 g/mol. The second kappa shape index (κ2) is 2.91. The van der Waals surface area contributed by atoms with Gasteiger partial charge in [0.2, 0.25) is 0 Å². The van der Waals surface area contributed by atoms with Gasteiger partial charge in [0.05, 0.1) is 21.1 Å². The van der Waals surface area contributed by atoms with Crippen LogP contribution in [-0.2, 0) is 0 Å². The van der Waals surface area contributed by atoms with Crippen LogP contribution in [0.2, 0.25) is 0 Å². The summed E-state index contributed by atoms with van der Waals surface area (Å²) in [4.78, 5) is 9.91. The molecule has 4 nitrogen and oxygen atoms in total. The Morgan fingerprint density at radius 2 is 2.29 bits per heavy atom. The Morgan fingerprint density at radius 3 is 2.93 bits per heavy atom. The van der Waals surface area contributed by atoms with Crippen molar-refractivity contribution in [2.45, 2.75) is 0 Å². The lowest BCUT2D eigenvalue weighted by molar-refractivity contribution is -0.383. The van der Waals surface area contributed by atoms with Gasteiger partial charge in [-0.2, -0.15) is 0 Å². The molecule has 0 radical (unpaired) electrons. The first-order valence-electron chi connectivity index (χ1n) is 3.64. The molecule has 0 bridgehead atoms. The Kier molecular flexibility index (Phi) is 1.85. The number of halogens is 1. The first-order chi connectivity index (χ1) is 6.61. The van der Waals surface area contributed by atoms with Gasteiger partial charge in [-0.15, -0.1) is 11.3 Å². The number of aromatic hydroxyl groups is 1. The van der Waals surface area contributed by atoms with Gasteiger partial charge in [-0.05, 0) is 11.4 Å². The van der Waals surface area contributed by atoms with Gasteiger partial charge in [0.15, 0.2) is 11.6 Å². The largest absolute Gasteiger partial charge is 0.505 e. The van der Waals surface area contributed by atoms with Crippen molar-refractivity contribution in [1.82, 2.24) is 0 Å². The molecule has 1 aromatic heterocycles. The molecular weight excluding hydrogens is 209 g/mol. The summed E-state index contributed by atoms with van der Waals surface area (Å²) >= 11 is 1.02. The van der Waals surface area contributed by atoms with E-state index in [1.807, 2.05) is 0 Å². The highest BCUT2D eigenvalue weighted by atomic mass is 32.1. The second-order valence-corrected chi connectivity index (χ2v) is 3.57. The number of fused-ring (bicyclic) bond motifs is 1. The van der Waals surface area contributed by atoms with Crippen LogP contribution >= 0.6 is 11.3 Å². The van der Waals surface area contributed by atoms with Crippen molar-refractivity contribution >= 4 is 27.1 Å². The number of thiophene rings is 1. The Morgan fingerprint density at radius 1 is 1.57 bits per heavy atom. The molecule has 2 aromatic rings. The maximum Gasteiger partial charge on any atom is 0.281 e. The summed E-state index contributed by atoms with van der Waals surface area (Å²) in [5.41, 5.74) is -0.278. The molecule has 0 amide bonds. The Bertz CT molecular complexity index is 523. The highest BCUT2D eigenvalue weighted by Gasteiger charge is 2.19. The number of nitrogens with zero attached hydrogens (tertiary/aromatic N) is 1. The van der Waals surface area contributed by atoms with Gasteiger partial charge in [-0.25, -0.2) is 4.39 Å². The van der Waals surface area contributed by atoms with E-state index >= 15 is 0 Å². The second-order valence-electron chi connectivity index (χ2n) is 2.65. The zero-order valence-corrected chi connectivity index (χ0v) is 7.55. The molecule has 0 aliphatic heterocycles. The molecule has 0 aliphatic carbocycles. The van der Waals surface area contributed by atoms with E-state index in [9.17, 15) is 14.5 Å². The van der Waals surface area contributed by atoms with Crippen LogP contribution in [0.25, 0.3) is 10.1 Å². The molecule has 72 valence electrons. The number of benzene rings is 1. The summed E-state index contributed by atoms with van der Waals surface area (Å²) < 4.78 is 13.3. The molecule has 0 spiro atoms. The third kappa shape index (κ3) is 1.12. The zero-order valence-electron chi connectivity index (χ0n) is 6.73. The van der Waals surface area contributed by atoms with Gasteiger partial charge in [-0.3, -0.25) is 10.1 Å². The minimum atomic E-state index is -0.805. The Hall–Kier alpha value is -1.69. The number of phenolic OH excluding ortho intramolecular Hbond substituents is 1. The summed E-state index contributed by atoms with van der Waals surface area (Å²) in [5.74, 6) is -1.49. The molecule has 14 heavy (non-hydrogen) atoms. The van der Waals surface area contributed by atoms with Gasteiger partial charge < -0.3 is 5.11 Å². The summed E-state index contributed by atoms with van der Waals surface area (Å²) in [6.45, 7) is 0. The van der Waals surface area contributed by atoms with Crippen molar-refractivity contribution in [3.63, 3.8) is 0 Å². The molecule has 0 aliphatic rings. The normalized spacial score (nSPS) is 10.6. The van der Waals surface area contributed by atoms with Crippen LogP contribution in [0.4, 0.5) is 10.1 Å². The molecule has 0 saturated heterocycles. The molecule has 1 heterocycles. The van der Waals surface area contributed by atoms with Crippen LogP contribution in [0.1, 0.15) is 0 Å². The first-order valence-corrected chi connectivity index (χ1v) is 4.52. The van der Waals surface area contributed by atoms with Crippen molar-refractivity contribution in [2.75, 3.05) is 0 Å². The van der Waals surface area contributed by atoms with Crippen molar-refractivity contribution < 1.29 is 14.4 Å². The van der Waals surface area contributed by atoms with E-state index in [0.717, 1.165) is 17.4 Å². The van der Waals surface area contributed by atoms with E-state index in [1.54, 1.807) is 5.38 Å². The van der Waals surface area contributed by atoms with Crippen molar-refractivity contribution in [2.24, 2.45) is 0 Å². The first kappa shape index (κ1) is 8.89. The Balaban J connectivity index is 2.91. The summed E-state index contributed by atoms with van der Waals surface area (Å²) in [6.07, 6.45) is 0. The van der Waals surface area contributed by atoms with Crippen LogP contribution < -0.4 is 0 Å². The molecule has 1 N–H and O–H groups in total. The number of hydrogen-bond acceptors (Lipinski definition) is 4. The van der Waals surface area contributed by atoms with Gasteiger partial charge in [0.1, 0.15) is 0 Å². The number of phenols is 1. The Labute approximate surface area is 81.4 Å². The number of rotatable bonds is 1. The van der Waals surface area contributed by atoms with E-state index in [1.165, 1.54) is 6.07 Å². The van der Waals surface area contributed by atoms with Gasteiger partial charge in [0, 0.05) is 0 Å². The molecule has 0 atom stereocenters. The maximum absolute atomic E-state index is 13.2. The van der Waals surface area contributed by atoms with Crippen LogP contribution in [0.15, 0.2) is 17.5 Å². The number of nitro groups is 1. The minimum absolute atomic E-state index is 0.108. The quantitative estimate of drug-likeness (QED) is 0.585. The van der Waals surface area contributed by atoms with E-state index in [-0.39, 0.29) is 15.8 Å². The molecule has 1 aromatic carbocycles. The molecule has 0 saturated carbocycles. The number of hydrogen-bond donors (Lipinski definition) is 1. The lowest BCUT2D eigenvalue weighted by Gasteiger charge is -1.97. The number of nitro benzene ring substituents is 1. The fourth-order valence-corrected chi connectivity index (χ4v) is 2.07. The lowest BCUT2D eigenvalue weighted by Crippen LogP contribution is -1.89. The van der Waals surface area contributed by atoms with E-state index in [0.29, 0.717) is 0 Å². The predicted octanol–water partition coefficient (Wildman–Crippen LogP) is 2.65. The molecule has 0 unspecified atom stereocenters. The van der Waals surface area contributed by atoms with Gasteiger partial charge >= 0.3 is 0 Å². The maximum atomic E-state index is 13.2. The molecule has 2 rings (SSSR count). The number of non-ortho nitro benzene ring substituents is 1. The fraction of sp³-hybridized carbons (Fsp3) is 0. The van der Waals surface area contributed by atoms with Crippen molar-refractivity contribution in [3.8, 4) is 5.75 Å². The molecule has 6 heteroatoms. The van der Waals surface area contributed by atoms with E-state index in [4.69, 9.17) is 5.11 Å². The van der Waals surface area contributed by atoms with Crippen molar-refractivity contribution in [3.05, 3.63) is 33.4 Å². The van der Waals surface area contributed by atoms with Gasteiger partial charge in [0.25, 0.3) is 5.69 Å². The minimum Gasteiger partial charge on any atom is -0.505 e. The van der Waals surface area contributed by atoms with Crippen LogP contribution in [0, 0.1) is 15.9 Å². The highest BCUT2D eigenvalue weighted by molar-refractivity contribution is 7.17. The summed E-state index contributed by atoms with van der Waals surface area (Å²) in [7, 11) is 0. The van der Waals surface area contributed by atoms with Crippen molar-refractivity contribution in [1.29, 1.82) is 0 Å². The molecule has 0 fully saturated rings. The SMILES string of the molecule is O=[N+]([O-])c1cc(O)c(F)c2sccc12. The highest BCUT2D eigenvalue weighted by Crippen LogP contribution is 2.36. The standard InChI is InChI=1S/C8H4FNO3S/c9-7-6(11)3-5(10(12)13)4-1-2-14-8(4)7/h1-3,11H. The average molecular weight is 213 g/mol. The lowest BCUT2D eigenvalue weighted by atomic mass is 10.2. The topological polar surface area (TPSA) is 63.4 Å². The zero-order chi connectivity index (χ0) is 10.3. The molecular formula is C8H4FNO3S. The third-order valence-corrected chi connectivity index (χ3v) is 2.74. The van der Waals surface area contributed by atoms with E-state index < -0.39 is 16.5 Å².